The first kappa shape index (κ1) is 17.7. The third-order valence-electron chi connectivity index (χ3n) is 4.69. The highest BCUT2D eigenvalue weighted by Gasteiger charge is 2.28. The molecule has 0 radical (unpaired) electrons. The van der Waals surface area contributed by atoms with E-state index < -0.39 is 6.10 Å². The van der Waals surface area contributed by atoms with Gasteiger partial charge >= 0.3 is 0 Å². The van der Waals surface area contributed by atoms with Crippen LogP contribution in [0.15, 0.2) is 49.3 Å². The van der Waals surface area contributed by atoms with Crippen molar-refractivity contribution in [3.8, 4) is 5.75 Å². The van der Waals surface area contributed by atoms with Crippen LogP contribution >= 0.6 is 0 Å². The van der Waals surface area contributed by atoms with Gasteiger partial charge in [0.15, 0.2) is 0 Å². The lowest BCUT2D eigenvalue weighted by atomic mass is 10.1. The SMILES string of the molecule is C=CCc1ccccc1OC[C@@H](O)CN1CCC[C@@H]1c1cnn(C)c1. The van der Waals surface area contributed by atoms with Crippen LogP contribution in [-0.4, -0.2) is 45.6 Å². The number of allylic oxidation sites excluding steroid dienone is 1. The minimum Gasteiger partial charge on any atom is -0.491 e. The first-order valence-electron chi connectivity index (χ1n) is 8.89. The third-order valence-corrected chi connectivity index (χ3v) is 4.69. The molecule has 1 aliphatic heterocycles. The molecule has 0 amide bonds. The summed E-state index contributed by atoms with van der Waals surface area (Å²) in [5, 5.41) is 14.7. The topological polar surface area (TPSA) is 50.5 Å². The average Bonchev–Trinajstić information content (AvgIpc) is 3.23. The van der Waals surface area contributed by atoms with Gasteiger partial charge in [-0.1, -0.05) is 24.3 Å². The number of β-amino-alcohol motifs (C(OH)–C–C–N with tert-alkyl or cyclic N) is 1. The Labute approximate surface area is 149 Å². The molecule has 0 aliphatic carbocycles. The maximum absolute atomic E-state index is 10.5. The fourth-order valence-electron chi connectivity index (χ4n) is 3.51. The molecule has 5 heteroatoms. The van der Waals surface area contributed by atoms with E-state index in [0.29, 0.717) is 19.2 Å². The summed E-state index contributed by atoms with van der Waals surface area (Å²) in [5.41, 5.74) is 2.32. The van der Waals surface area contributed by atoms with E-state index in [-0.39, 0.29) is 0 Å². The highest BCUT2D eigenvalue weighted by atomic mass is 16.5. The van der Waals surface area contributed by atoms with Crippen LogP contribution in [0.4, 0.5) is 0 Å². The second kappa shape index (κ2) is 8.32. The quantitative estimate of drug-likeness (QED) is 0.750. The van der Waals surface area contributed by atoms with E-state index in [0.717, 1.165) is 37.1 Å². The Morgan fingerprint density at radius 2 is 2.28 bits per heavy atom. The average molecular weight is 341 g/mol. The molecule has 1 aromatic carbocycles. The maximum Gasteiger partial charge on any atom is 0.122 e. The molecule has 1 fully saturated rings. The summed E-state index contributed by atoms with van der Waals surface area (Å²) in [6.07, 6.45) is 8.36. The molecule has 3 rings (SSSR count). The molecule has 1 aliphatic rings. The Balaban J connectivity index is 1.55. The van der Waals surface area contributed by atoms with Crippen LogP contribution in [-0.2, 0) is 13.5 Å². The first-order chi connectivity index (χ1) is 12.2. The minimum atomic E-state index is -0.519. The lowest BCUT2D eigenvalue weighted by molar-refractivity contribution is 0.0636. The molecular formula is C20H27N3O2. The summed E-state index contributed by atoms with van der Waals surface area (Å²) >= 11 is 0. The standard InChI is InChI=1S/C20H27N3O2/c1-3-7-16-8-4-5-10-20(16)25-15-18(24)14-23-11-6-9-19(23)17-12-21-22(2)13-17/h3-5,8,10,12-13,18-19,24H,1,6-7,9,11,14-15H2,2H3/t18-,19+/m0/s1. The van der Waals surface area contributed by atoms with Gasteiger partial charge in [0, 0.05) is 31.4 Å². The van der Waals surface area contributed by atoms with Gasteiger partial charge in [-0.3, -0.25) is 9.58 Å². The second-order valence-corrected chi connectivity index (χ2v) is 6.67. The van der Waals surface area contributed by atoms with Crippen LogP contribution in [0.3, 0.4) is 0 Å². The zero-order chi connectivity index (χ0) is 17.6. The van der Waals surface area contributed by atoms with Crippen LogP contribution in [0.1, 0.15) is 30.0 Å². The van der Waals surface area contributed by atoms with E-state index in [2.05, 4.69) is 22.8 Å². The van der Waals surface area contributed by atoms with Crippen LogP contribution in [0, 0.1) is 0 Å². The Morgan fingerprint density at radius 1 is 1.44 bits per heavy atom. The van der Waals surface area contributed by atoms with Crippen LogP contribution < -0.4 is 4.74 Å². The summed E-state index contributed by atoms with van der Waals surface area (Å²) in [4.78, 5) is 2.33. The van der Waals surface area contributed by atoms with Crippen molar-refractivity contribution in [3.05, 3.63) is 60.4 Å². The third kappa shape index (κ3) is 4.50. The first-order valence-corrected chi connectivity index (χ1v) is 8.89. The zero-order valence-corrected chi connectivity index (χ0v) is 14.8. The number of hydrogen-bond donors (Lipinski definition) is 1. The number of ether oxygens (including phenoxy) is 1. The van der Waals surface area contributed by atoms with Gasteiger partial charge in [-0.25, -0.2) is 0 Å². The molecule has 134 valence electrons. The van der Waals surface area contributed by atoms with Crippen LogP contribution in [0.2, 0.25) is 0 Å². The predicted molar refractivity (Wildman–Crippen MR) is 98.6 cm³/mol. The predicted octanol–water partition coefficient (Wildman–Crippen LogP) is 2.73. The van der Waals surface area contributed by atoms with E-state index in [9.17, 15) is 5.11 Å². The lowest BCUT2D eigenvalue weighted by Crippen LogP contribution is -2.35. The van der Waals surface area contributed by atoms with Crippen molar-refractivity contribution in [3.63, 3.8) is 0 Å². The van der Waals surface area contributed by atoms with Crippen molar-refractivity contribution < 1.29 is 9.84 Å². The van der Waals surface area contributed by atoms with Crippen molar-refractivity contribution in [2.24, 2.45) is 7.05 Å². The van der Waals surface area contributed by atoms with Crippen LogP contribution in [0.25, 0.3) is 0 Å². The normalized spacial score (nSPS) is 19.0. The zero-order valence-electron chi connectivity index (χ0n) is 14.8. The van der Waals surface area contributed by atoms with Gasteiger partial charge in [-0.2, -0.15) is 5.10 Å². The molecule has 1 aromatic heterocycles. The van der Waals surface area contributed by atoms with Gasteiger partial charge in [-0.05, 0) is 37.4 Å². The Morgan fingerprint density at radius 3 is 3.04 bits per heavy atom. The molecule has 2 heterocycles. The molecule has 2 aromatic rings. The number of rotatable bonds is 8. The Bertz CT molecular complexity index is 698. The fraction of sp³-hybridized carbons (Fsp3) is 0.450. The number of nitrogens with zero attached hydrogens (tertiary/aromatic N) is 3. The molecule has 1 N–H and O–H groups in total. The summed E-state index contributed by atoms with van der Waals surface area (Å²) in [6, 6.07) is 8.26. The lowest BCUT2D eigenvalue weighted by Gasteiger charge is -2.26. The van der Waals surface area contributed by atoms with E-state index in [4.69, 9.17) is 4.74 Å². The number of aliphatic hydroxyl groups is 1. The maximum atomic E-state index is 10.5. The fourth-order valence-corrected chi connectivity index (χ4v) is 3.51. The number of hydrogen-bond acceptors (Lipinski definition) is 4. The Hall–Kier alpha value is -2.11. The summed E-state index contributed by atoms with van der Waals surface area (Å²) in [5.74, 6) is 0.826. The number of aryl methyl sites for hydroxylation is 1. The van der Waals surface area contributed by atoms with Crippen molar-refractivity contribution in [2.45, 2.75) is 31.4 Å². The molecule has 0 spiro atoms. The molecule has 5 nitrogen and oxygen atoms in total. The molecule has 1 saturated heterocycles. The molecule has 0 bridgehead atoms. The van der Waals surface area contributed by atoms with E-state index >= 15 is 0 Å². The van der Waals surface area contributed by atoms with Crippen LogP contribution in [0.5, 0.6) is 5.75 Å². The van der Waals surface area contributed by atoms with Gasteiger partial charge < -0.3 is 9.84 Å². The molecular weight excluding hydrogens is 314 g/mol. The van der Waals surface area contributed by atoms with Gasteiger partial charge in [-0.15, -0.1) is 6.58 Å². The van der Waals surface area contributed by atoms with E-state index in [1.54, 1.807) is 0 Å². The molecule has 0 saturated carbocycles. The van der Waals surface area contributed by atoms with Gasteiger partial charge in [0.2, 0.25) is 0 Å². The number of aromatic nitrogens is 2. The van der Waals surface area contributed by atoms with Gasteiger partial charge in [0.25, 0.3) is 0 Å². The van der Waals surface area contributed by atoms with E-state index in [1.165, 1.54) is 5.56 Å². The number of benzene rings is 1. The van der Waals surface area contributed by atoms with E-state index in [1.807, 2.05) is 48.3 Å². The summed E-state index contributed by atoms with van der Waals surface area (Å²) in [7, 11) is 1.94. The Kier molecular flexibility index (Phi) is 5.89. The van der Waals surface area contributed by atoms with Crippen molar-refractivity contribution in [1.29, 1.82) is 0 Å². The number of para-hydroxylation sites is 1. The highest BCUT2D eigenvalue weighted by molar-refractivity contribution is 5.34. The minimum absolute atomic E-state index is 0.296. The van der Waals surface area contributed by atoms with Crippen molar-refractivity contribution >= 4 is 0 Å². The molecule has 0 unspecified atom stereocenters. The van der Waals surface area contributed by atoms with Gasteiger partial charge in [0.05, 0.1) is 6.20 Å². The molecule has 2 atom stereocenters. The number of aliphatic hydroxyl groups excluding tert-OH is 1. The summed E-state index contributed by atoms with van der Waals surface area (Å²) in [6.45, 7) is 5.70. The highest BCUT2D eigenvalue weighted by Crippen LogP contribution is 2.31. The second-order valence-electron chi connectivity index (χ2n) is 6.67. The molecule has 25 heavy (non-hydrogen) atoms. The van der Waals surface area contributed by atoms with Gasteiger partial charge in [0.1, 0.15) is 18.5 Å². The summed E-state index contributed by atoms with van der Waals surface area (Å²) < 4.78 is 7.70. The largest absolute Gasteiger partial charge is 0.491 e. The smallest absolute Gasteiger partial charge is 0.122 e. The van der Waals surface area contributed by atoms with Crippen molar-refractivity contribution in [1.82, 2.24) is 14.7 Å². The monoisotopic (exact) mass is 341 g/mol. The number of likely N-dealkylation sites (tertiary alicyclic amines) is 1. The van der Waals surface area contributed by atoms with Crippen molar-refractivity contribution in [2.75, 3.05) is 19.7 Å².